The van der Waals surface area contributed by atoms with Crippen LogP contribution in [0.15, 0.2) is 0 Å². The molecule has 0 heterocycles. The van der Waals surface area contributed by atoms with Gasteiger partial charge >= 0.3 is 0 Å². The highest BCUT2D eigenvalue weighted by Gasteiger charge is 2.19. The first-order chi connectivity index (χ1) is 4.84. The van der Waals surface area contributed by atoms with Crippen molar-refractivity contribution in [1.82, 2.24) is 5.32 Å². The number of hydrogen-bond donors (Lipinski definition) is 1. The van der Waals surface area contributed by atoms with Crippen LogP contribution in [0.1, 0.15) is 39.5 Å². The molecule has 1 aliphatic carbocycles. The molecule has 1 fully saturated rings. The lowest BCUT2D eigenvalue weighted by atomic mass is 9.86. The van der Waals surface area contributed by atoms with Crippen molar-refractivity contribution in [2.24, 2.45) is 5.92 Å². The third-order valence-electron chi connectivity index (χ3n) is 2.58. The fraction of sp³-hybridized carbons (Fsp3) is 1.00. The first-order valence-electron chi connectivity index (χ1n) is 4.58. The second kappa shape index (κ2) is 3.97. The third kappa shape index (κ3) is 1.98. The van der Waals surface area contributed by atoms with Gasteiger partial charge in [0.2, 0.25) is 0 Å². The molecule has 2 atom stereocenters. The molecule has 0 aromatic carbocycles. The van der Waals surface area contributed by atoms with Gasteiger partial charge in [0.05, 0.1) is 0 Å². The molecule has 0 radical (unpaired) electrons. The van der Waals surface area contributed by atoms with E-state index in [1.807, 2.05) is 0 Å². The van der Waals surface area contributed by atoms with E-state index in [9.17, 15) is 0 Å². The van der Waals surface area contributed by atoms with E-state index in [4.69, 9.17) is 0 Å². The second-order valence-electron chi connectivity index (χ2n) is 3.43. The molecule has 1 N–H and O–H groups in total. The molecule has 1 rings (SSSR count). The summed E-state index contributed by atoms with van der Waals surface area (Å²) in [6, 6.07) is 0.818. The van der Waals surface area contributed by atoms with Gasteiger partial charge in [-0.1, -0.05) is 26.7 Å². The van der Waals surface area contributed by atoms with E-state index in [-0.39, 0.29) is 0 Å². The van der Waals surface area contributed by atoms with Gasteiger partial charge in [-0.2, -0.15) is 0 Å². The van der Waals surface area contributed by atoms with Gasteiger partial charge in [-0.3, -0.25) is 0 Å². The zero-order valence-electron chi connectivity index (χ0n) is 7.19. The summed E-state index contributed by atoms with van der Waals surface area (Å²) >= 11 is 0. The van der Waals surface area contributed by atoms with Crippen molar-refractivity contribution >= 4 is 0 Å². The van der Waals surface area contributed by atoms with Gasteiger partial charge in [0.1, 0.15) is 0 Å². The van der Waals surface area contributed by atoms with Crippen LogP contribution < -0.4 is 5.32 Å². The third-order valence-corrected chi connectivity index (χ3v) is 2.58. The Labute approximate surface area is 64.2 Å². The highest BCUT2D eigenvalue weighted by Crippen LogP contribution is 2.23. The van der Waals surface area contributed by atoms with Crippen LogP contribution in [-0.4, -0.2) is 12.6 Å². The largest absolute Gasteiger partial charge is 0.314 e. The van der Waals surface area contributed by atoms with Crippen molar-refractivity contribution in [3.8, 4) is 0 Å². The molecule has 0 spiro atoms. The van der Waals surface area contributed by atoms with E-state index in [0.717, 1.165) is 18.5 Å². The monoisotopic (exact) mass is 141 g/mol. The standard InChI is InChI=1S/C9H19N/c1-3-10-9-7-5-4-6-8(9)2/h8-10H,3-7H2,1-2H3/t8-,9+/m0/s1. The number of rotatable bonds is 2. The zero-order valence-corrected chi connectivity index (χ0v) is 7.19. The van der Waals surface area contributed by atoms with Gasteiger partial charge in [-0.05, 0) is 25.3 Å². The van der Waals surface area contributed by atoms with E-state index in [0.29, 0.717) is 0 Å². The van der Waals surface area contributed by atoms with Crippen LogP contribution in [0.2, 0.25) is 0 Å². The van der Waals surface area contributed by atoms with Crippen LogP contribution in [0.3, 0.4) is 0 Å². The molecule has 0 aromatic heterocycles. The minimum atomic E-state index is 0.818. The Kier molecular flexibility index (Phi) is 3.20. The van der Waals surface area contributed by atoms with Crippen molar-refractivity contribution < 1.29 is 0 Å². The quantitative estimate of drug-likeness (QED) is 0.621. The maximum Gasteiger partial charge on any atom is 0.00925 e. The molecule has 0 aromatic rings. The van der Waals surface area contributed by atoms with Crippen LogP contribution in [-0.2, 0) is 0 Å². The summed E-state index contributed by atoms with van der Waals surface area (Å²) in [5.41, 5.74) is 0. The first kappa shape index (κ1) is 8.06. The van der Waals surface area contributed by atoms with Gasteiger partial charge in [-0.25, -0.2) is 0 Å². The lowest BCUT2D eigenvalue weighted by Crippen LogP contribution is -2.36. The molecule has 1 aliphatic rings. The van der Waals surface area contributed by atoms with Crippen molar-refractivity contribution in [1.29, 1.82) is 0 Å². The zero-order chi connectivity index (χ0) is 7.40. The second-order valence-corrected chi connectivity index (χ2v) is 3.43. The van der Waals surface area contributed by atoms with E-state index in [1.165, 1.54) is 25.7 Å². The van der Waals surface area contributed by atoms with Crippen molar-refractivity contribution in [3.05, 3.63) is 0 Å². The summed E-state index contributed by atoms with van der Waals surface area (Å²) < 4.78 is 0. The van der Waals surface area contributed by atoms with Crippen LogP contribution in [0.4, 0.5) is 0 Å². The molecule has 0 unspecified atom stereocenters. The lowest BCUT2D eigenvalue weighted by molar-refractivity contribution is 0.285. The fourth-order valence-electron chi connectivity index (χ4n) is 1.88. The fourth-order valence-corrected chi connectivity index (χ4v) is 1.88. The molecule has 0 bridgehead atoms. The minimum absolute atomic E-state index is 0.818. The van der Waals surface area contributed by atoms with Crippen LogP contribution in [0.25, 0.3) is 0 Å². The lowest BCUT2D eigenvalue weighted by Gasteiger charge is -2.29. The summed E-state index contributed by atoms with van der Waals surface area (Å²) in [5.74, 6) is 0.911. The summed E-state index contributed by atoms with van der Waals surface area (Å²) in [6.07, 6.45) is 5.71. The molecule has 1 saturated carbocycles. The van der Waals surface area contributed by atoms with Gasteiger partial charge in [0.15, 0.2) is 0 Å². The Morgan fingerprint density at radius 3 is 2.60 bits per heavy atom. The molecule has 10 heavy (non-hydrogen) atoms. The number of hydrogen-bond acceptors (Lipinski definition) is 1. The van der Waals surface area contributed by atoms with Gasteiger partial charge in [0.25, 0.3) is 0 Å². The molecule has 0 aliphatic heterocycles. The summed E-state index contributed by atoms with van der Waals surface area (Å²) in [4.78, 5) is 0. The highest BCUT2D eigenvalue weighted by molar-refractivity contribution is 4.77. The Morgan fingerprint density at radius 2 is 2.00 bits per heavy atom. The molecule has 0 amide bonds. The average Bonchev–Trinajstić information content (AvgIpc) is 1.94. The predicted octanol–water partition coefficient (Wildman–Crippen LogP) is 2.17. The average molecular weight is 141 g/mol. The molecule has 1 nitrogen and oxygen atoms in total. The maximum absolute atomic E-state index is 3.53. The molecule has 60 valence electrons. The van der Waals surface area contributed by atoms with E-state index in [1.54, 1.807) is 0 Å². The molecular formula is C9H19N. The topological polar surface area (TPSA) is 12.0 Å². The Morgan fingerprint density at radius 1 is 1.30 bits per heavy atom. The van der Waals surface area contributed by atoms with Crippen LogP contribution in [0.5, 0.6) is 0 Å². The predicted molar refractivity (Wildman–Crippen MR) is 45.1 cm³/mol. The Bertz CT molecular complexity index is 88.7. The molecule has 1 heteroatoms. The highest BCUT2D eigenvalue weighted by atomic mass is 14.9. The van der Waals surface area contributed by atoms with Crippen molar-refractivity contribution in [2.45, 2.75) is 45.6 Å². The van der Waals surface area contributed by atoms with E-state index in [2.05, 4.69) is 19.2 Å². The first-order valence-corrected chi connectivity index (χ1v) is 4.58. The Hall–Kier alpha value is -0.0400. The van der Waals surface area contributed by atoms with Gasteiger partial charge in [0, 0.05) is 6.04 Å². The van der Waals surface area contributed by atoms with E-state index < -0.39 is 0 Å². The maximum atomic E-state index is 3.53. The van der Waals surface area contributed by atoms with Crippen LogP contribution >= 0.6 is 0 Å². The summed E-state index contributed by atoms with van der Waals surface area (Å²) in [5, 5.41) is 3.53. The SMILES string of the molecule is CCN[C@@H]1CCCC[C@@H]1C. The normalized spacial score (nSPS) is 34.2. The smallest absolute Gasteiger partial charge is 0.00925 e. The van der Waals surface area contributed by atoms with Crippen LogP contribution in [0, 0.1) is 5.92 Å². The number of nitrogens with one attached hydrogen (secondary N) is 1. The van der Waals surface area contributed by atoms with E-state index >= 15 is 0 Å². The molecular weight excluding hydrogens is 122 g/mol. The van der Waals surface area contributed by atoms with Crippen molar-refractivity contribution in [2.75, 3.05) is 6.54 Å². The van der Waals surface area contributed by atoms with Gasteiger partial charge in [-0.15, -0.1) is 0 Å². The molecule has 0 saturated heterocycles. The van der Waals surface area contributed by atoms with Gasteiger partial charge < -0.3 is 5.32 Å². The Balaban J connectivity index is 2.25. The minimum Gasteiger partial charge on any atom is -0.314 e. The van der Waals surface area contributed by atoms with Crippen molar-refractivity contribution in [3.63, 3.8) is 0 Å². The summed E-state index contributed by atoms with van der Waals surface area (Å²) in [7, 11) is 0. The summed E-state index contributed by atoms with van der Waals surface area (Å²) in [6.45, 7) is 5.70.